The summed E-state index contributed by atoms with van der Waals surface area (Å²) in [6.07, 6.45) is 2.56. The lowest BCUT2D eigenvalue weighted by atomic mass is 9.96. The van der Waals surface area contributed by atoms with Gasteiger partial charge in [0.15, 0.2) is 0 Å². The summed E-state index contributed by atoms with van der Waals surface area (Å²) in [5.41, 5.74) is 0.606. The number of rotatable bonds is 3. The van der Waals surface area contributed by atoms with Gasteiger partial charge in [0.05, 0.1) is 12.1 Å². The van der Waals surface area contributed by atoms with Crippen molar-refractivity contribution in [3.63, 3.8) is 0 Å². The number of carbonyl (C=O) groups excluding carboxylic acids is 1. The minimum absolute atomic E-state index is 0.0742. The van der Waals surface area contributed by atoms with Crippen LogP contribution in [0.15, 0.2) is 21.5 Å². The molecule has 1 N–H and O–H groups in total. The van der Waals surface area contributed by atoms with Crippen LogP contribution >= 0.6 is 0 Å². The third-order valence-electron chi connectivity index (χ3n) is 3.06. The van der Waals surface area contributed by atoms with E-state index >= 15 is 0 Å². The summed E-state index contributed by atoms with van der Waals surface area (Å²) in [5, 5.41) is 2.62. The molecule has 0 saturated carbocycles. The quantitative estimate of drug-likeness (QED) is 0.846. The maximum Gasteiger partial charge on any atom is 0.341 e. The second kappa shape index (κ2) is 5.11. The van der Waals surface area contributed by atoms with Crippen molar-refractivity contribution in [1.82, 2.24) is 5.32 Å². The molecule has 1 aliphatic rings. The first-order valence-corrected chi connectivity index (χ1v) is 6.14. The van der Waals surface area contributed by atoms with E-state index in [4.69, 9.17) is 11.0 Å². The standard InChI is InChI=1S/C14H14N2O3/c1-4-5-6-9-11-10(7-8(2)16-13(11)17)19-14(18)12(9)15-3/h2,4-7H2,1H3,(H,16,17). The smallest absolute Gasteiger partial charge is 0.341 e. The van der Waals surface area contributed by atoms with Gasteiger partial charge in [0, 0.05) is 12.1 Å². The molecule has 0 radical (unpaired) electrons. The highest BCUT2D eigenvalue weighted by Gasteiger charge is 2.28. The first-order valence-electron chi connectivity index (χ1n) is 6.14. The second-order valence-corrected chi connectivity index (χ2v) is 4.46. The van der Waals surface area contributed by atoms with Crippen molar-refractivity contribution in [2.75, 3.05) is 0 Å². The molecule has 19 heavy (non-hydrogen) atoms. The van der Waals surface area contributed by atoms with Gasteiger partial charge in [0.1, 0.15) is 5.76 Å². The van der Waals surface area contributed by atoms with Crippen molar-refractivity contribution in [2.24, 2.45) is 0 Å². The maximum atomic E-state index is 12.0. The molecular weight excluding hydrogens is 244 g/mol. The number of unbranched alkanes of at least 4 members (excludes halogenated alkanes) is 1. The number of nitrogens with zero attached hydrogens (tertiary/aromatic N) is 1. The first kappa shape index (κ1) is 13.1. The SMILES string of the molecule is [C-]#[N+]c1c(CCCC)c2c(oc1=O)CC(=C)NC2=O. The van der Waals surface area contributed by atoms with E-state index < -0.39 is 5.63 Å². The average molecular weight is 258 g/mol. The molecule has 1 aliphatic heterocycles. The Morgan fingerprint density at radius 3 is 2.84 bits per heavy atom. The van der Waals surface area contributed by atoms with Crippen molar-refractivity contribution in [3.05, 3.63) is 51.0 Å². The Labute approximate surface area is 110 Å². The lowest BCUT2D eigenvalue weighted by Crippen LogP contribution is -2.32. The fourth-order valence-corrected chi connectivity index (χ4v) is 2.18. The first-order chi connectivity index (χ1) is 9.08. The Morgan fingerprint density at radius 2 is 2.21 bits per heavy atom. The van der Waals surface area contributed by atoms with E-state index in [2.05, 4.69) is 16.7 Å². The zero-order valence-corrected chi connectivity index (χ0v) is 10.7. The molecule has 98 valence electrons. The second-order valence-electron chi connectivity index (χ2n) is 4.46. The van der Waals surface area contributed by atoms with Crippen LogP contribution in [-0.2, 0) is 12.8 Å². The summed E-state index contributed by atoms with van der Waals surface area (Å²) >= 11 is 0. The Balaban J connectivity index is 2.68. The fraction of sp³-hybridized carbons (Fsp3) is 0.357. The Kier molecular flexibility index (Phi) is 3.52. The number of nitrogens with one attached hydrogen (secondary N) is 1. The zero-order chi connectivity index (χ0) is 14.0. The highest BCUT2D eigenvalue weighted by molar-refractivity contribution is 6.00. The molecule has 1 aromatic heterocycles. The van der Waals surface area contributed by atoms with Gasteiger partial charge in [0.2, 0.25) is 0 Å². The van der Waals surface area contributed by atoms with Crippen LogP contribution in [0.3, 0.4) is 0 Å². The molecule has 0 bridgehead atoms. The van der Waals surface area contributed by atoms with Gasteiger partial charge >= 0.3 is 5.63 Å². The van der Waals surface area contributed by atoms with Crippen LogP contribution in [0.4, 0.5) is 5.69 Å². The third kappa shape index (κ3) is 2.29. The van der Waals surface area contributed by atoms with Crippen LogP contribution < -0.4 is 10.9 Å². The van der Waals surface area contributed by atoms with Crippen molar-refractivity contribution < 1.29 is 9.21 Å². The summed E-state index contributed by atoms with van der Waals surface area (Å²) in [4.78, 5) is 27.0. The topological polar surface area (TPSA) is 63.7 Å². The van der Waals surface area contributed by atoms with Crippen LogP contribution in [0.2, 0.25) is 0 Å². The molecule has 0 atom stereocenters. The summed E-state index contributed by atoms with van der Waals surface area (Å²) in [6, 6.07) is 0. The van der Waals surface area contributed by atoms with E-state index in [0.717, 1.165) is 12.8 Å². The fourth-order valence-electron chi connectivity index (χ4n) is 2.18. The number of amides is 1. The molecule has 1 aromatic rings. The molecule has 1 amide bonds. The van der Waals surface area contributed by atoms with E-state index in [1.807, 2.05) is 6.92 Å². The lowest BCUT2D eigenvalue weighted by molar-refractivity contribution is 0.0952. The lowest BCUT2D eigenvalue weighted by Gasteiger charge is -2.20. The minimum Gasteiger partial charge on any atom is -0.435 e. The van der Waals surface area contributed by atoms with Crippen molar-refractivity contribution >= 4 is 11.6 Å². The summed E-state index contributed by atoms with van der Waals surface area (Å²) < 4.78 is 5.09. The molecule has 0 saturated heterocycles. The highest BCUT2D eigenvalue weighted by Crippen LogP contribution is 2.28. The maximum absolute atomic E-state index is 12.0. The molecule has 2 rings (SSSR count). The molecule has 5 nitrogen and oxygen atoms in total. The predicted molar refractivity (Wildman–Crippen MR) is 70.2 cm³/mol. The average Bonchev–Trinajstić information content (AvgIpc) is 2.34. The Hall–Kier alpha value is -2.35. The van der Waals surface area contributed by atoms with Gasteiger partial charge in [-0.25, -0.2) is 4.85 Å². The van der Waals surface area contributed by atoms with E-state index in [-0.39, 0.29) is 11.6 Å². The summed E-state index contributed by atoms with van der Waals surface area (Å²) in [7, 11) is 0. The van der Waals surface area contributed by atoms with Gasteiger partial charge in [-0.1, -0.05) is 26.3 Å². The largest absolute Gasteiger partial charge is 0.435 e. The number of carbonyl (C=O) groups is 1. The van der Waals surface area contributed by atoms with Crippen LogP contribution in [0, 0.1) is 6.57 Å². The molecule has 0 aromatic carbocycles. The number of hydrogen-bond acceptors (Lipinski definition) is 3. The van der Waals surface area contributed by atoms with Gasteiger partial charge in [-0.3, -0.25) is 9.59 Å². The van der Waals surface area contributed by atoms with Gasteiger partial charge < -0.3 is 9.73 Å². The molecule has 2 heterocycles. The van der Waals surface area contributed by atoms with Crippen molar-refractivity contribution in [2.45, 2.75) is 32.6 Å². The molecule has 0 fully saturated rings. The predicted octanol–water partition coefficient (Wildman–Crippen LogP) is 2.33. The van der Waals surface area contributed by atoms with Crippen molar-refractivity contribution in [1.29, 1.82) is 0 Å². The zero-order valence-electron chi connectivity index (χ0n) is 10.7. The minimum atomic E-state index is -0.664. The molecular formula is C14H14N2O3. The molecule has 0 unspecified atom stereocenters. The highest BCUT2D eigenvalue weighted by atomic mass is 16.4. The normalized spacial score (nSPS) is 13.7. The number of fused-ring (bicyclic) bond motifs is 1. The van der Waals surface area contributed by atoms with E-state index in [1.165, 1.54) is 0 Å². The van der Waals surface area contributed by atoms with Gasteiger partial charge in [-0.15, -0.1) is 0 Å². The van der Waals surface area contributed by atoms with E-state index in [9.17, 15) is 9.59 Å². The monoisotopic (exact) mass is 258 g/mol. The van der Waals surface area contributed by atoms with Gasteiger partial charge in [-0.05, 0) is 12.0 Å². The Bertz CT molecular complexity index is 650. The molecule has 5 heteroatoms. The summed E-state index contributed by atoms with van der Waals surface area (Å²) in [5.74, 6) is -0.0248. The van der Waals surface area contributed by atoms with Gasteiger partial charge in [0.25, 0.3) is 11.6 Å². The number of hydrogen-bond donors (Lipinski definition) is 1. The Morgan fingerprint density at radius 1 is 1.47 bits per heavy atom. The van der Waals surface area contributed by atoms with E-state index in [0.29, 0.717) is 35.4 Å². The number of allylic oxidation sites excluding steroid dienone is 1. The van der Waals surface area contributed by atoms with Gasteiger partial charge in [-0.2, -0.15) is 0 Å². The van der Waals surface area contributed by atoms with Crippen molar-refractivity contribution in [3.8, 4) is 0 Å². The van der Waals surface area contributed by atoms with Crippen LogP contribution in [0.1, 0.15) is 41.4 Å². The summed E-state index contributed by atoms with van der Waals surface area (Å²) in [6.45, 7) is 12.8. The van der Waals surface area contributed by atoms with E-state index in [1.54, 1.807) is 0 Å². The van der Waals surface area contributed by atoms with Crippen LogP contribution in [0.25, 0.3) is 4.85 Å². The molecule has 0 spiro atoms. The van der Waals surface area contributed by atoms with Crippen LogP contribution in [0.5, 0.6) is 0 Å². The molecule has 0 aliphatic carbocycles. The van der Waals surface area contributed by atoms with Crippen LogP contribution in [-0.4, -0.2) is 5.91 Å². The third-order valence-corrected chi connectivity index (χ3v) is 3.06.